The zero-order valence-electron chi connectivity index (χ0n) is 5.82. The van der Waals surface area contributed by atoms with Crippen LogP contribution in [-0.4, -0.2) is 32.5 Å². The number of nitrogens with two attached hydrogens (primary N) is 2. The molecule has 0 aliphatic carbocycles. The van der Waals surface area contributed by atoms with Crippen LogP contribution in [-0.2, 0) is 24.8 Å². The second-order valence-electron chi connectivity index (χ2n) is 1.62. The molecule has 0 aromatic rings. The van der Waals surface area contributed by atoms with E-state index < -0.39 is 31.1 Å². The lowest BCUT2D eigenvalue weighted by Gasteiger charge is -2.11. The zero-order chi connectivity index (χ0) is 10.9. The van der Waals surface area contributed by atoms with E-state index in [1.54, 1.807) is 0 Å². The summed E-state index contributed by atoms with van der Waals surface area (Å²) in [6, 6.07) is 0. The van der Waals surface area contributed by atoms with Crippen molar-refractivity contribution in [2.24, 2.45) is 10.3 Å². The standard InChI is InChI=1S/CH5N3O7S2/c2-12(7,8)4(1(5)6)11-13(3,9)10/h(H,5,6)(H2,2,7,8)(H2,3,9,10). The van der Waals surface area contributed by atoms with Crippen LogP contribution in [0.4, 0.5) is 4.79 Å². The van der Waals surface area contributed by atoms with Crippen molar-refractivity contribution in [1.82, 2.24) is 4.47 Å². The van der Waals surface area contributed by atoms with E-state index in [-0.39, 0.29) is 0 Å². The van der Waals surface area contributed by atoms with Gasteiger partial charge in [0.2, 0.25) is 0 Å². The minimum Gasteiger partial charge on any atom is -0.463 e. The SMILES string of the molecule is NS(=O)(=O)ON(C(=O)O)S(N)(=O)=O. The van der Waals surface area contributed by atoms with E-state index in [9.17, 15) is 21.6 Å². The Morgan fingerprint density at radius 1 is 1.23 bits per heavy atom. The van der Waals surface area contributed by atoms with Crippen LogP contribution in [0, 0.1) is 0 Å². The fourth-order valence-electron chi connectivity index (χ4n) is 0.278. The Hall–Kier alpha value is -0.950. The Labute approximate surface area is 73.1 Å². The number of amides is 1. The fourth-order valence-corrected chi connectivity index (χ4v) is 1.34. The van der Waals surface area contributed by atoms with Gasteiger partial charge in [0, 0.05) is 0 Å². The van der Waals surface area contributed by atoms with E-state index in [1.807, 2.05) is 0 Å². The van der Waals surface area contributed by atoms with E-state index >= 15 is 0 Å². The third kappa shape index (κ3) is 4.58. The molecule has 12 heteroatoms. The summed E-state index contributed by atoms with van der Waals surface area (Å²) in [5.74, 6) is 0. The lowest BCUT2D eigenvalue weighted by Crippen LogP contribution is -2.43. The topological polar surface area (TPSA) is 170 Å². The molecule has 0 fully saturated rings. The van der Waals surface area contributed by atoms with Crippen LogP contribution in [0.15, 0.2) is 0 Å². The van der Waals surface area contributed by atoms with Gasteiger partial charge in [0.15, 0.2) is 0 Å². The van der Waals surface area contributed by atoms with Crippen molar-refractivity contribution >= 4 is 26.6 Å². The van der Waals surface area contributed by atoms with Crippen LogP contribution in [0.25, 0.3) is 0 Å². The number of carboxylic acid groups (broad SMARTS) is 1. The van der Waals surface area contributed by atoms with Crippen LogP contribution in [0.3, 0.4) is 0 Å². The molecular formula is CH5N3O7S2. The molecule has 5 N–H and O–H groups in total. The maximum Gasteiger partial charge on any atom is 0.448 e. The minimum absolute atomic E-state index is 0.984. The van der Waals surface area contributed by atoms with Gasteiger partial charge in [-0.3, -0.25) is 0 Å². The van der Waals surface area contributed by atoms with Crippen molar-refractivity contribution in [2.45, 2.75) is 0 Å². The smallest absolute Gasteiger partial charge is 0.448 e. The first-order valence-electron chi connectivity index (χ1n) is 2.32. The molecule has 0 rings (SSSR count). The fraction of sp³-hybridized carbons (Fsp3) is 0. The summed E-state index contributed by atoms with van der Waals surface area (Å²) in [6.45, 7) is 0. The van der Waals surface area contributed by atoms with Crippen LogP contribution < -0.4 is 10.3 Å². The summed E-state index contributed by atoms with van der Waals surface area (Å²) in [5, 5.41) is 16.5. The molecule has 0 atom stereocenters. The number of hydrogen-bond acceptors (Lipinski definition) is 6. The summed E-state index contributed by atoms with van der Waals surface area (Å²) in [7, 11) is -9.61. The molecule has 0 aliphatic rings. The molecule has 0 aromatic heterocycles. The van der Waals surface area contributed by atoms with E-state index in [1.165, 1.54) is 0 Å². The van der Waals surface area contributed by atoms with E-state index in [4.69, 9.17) is 5.11 Å². The highest BCUT2D eigenvalue weighted by Crippen LogP contribution is 1.99. The number of hydrogen-bond donors (Lipinski definition) is 3. The van der Waals surface area contributed by atoms with Gasteiger partial charge in [-0.15, -0.1) is 4.28 Å². The van der Waals surface area contributed by atoms with Crippen LogP contribution >= 0.6 is 0 Å². The maximum atomic E-state index is 10.3. The summed E-state index contributed by atoms with van der Waals surface area (Å²) < 4.78 is 43.3. The number of rotatable bonds is 3. The molecule has 0 aromatic carbocycles. The van der Waals surface area contributed by atoms with Gasteiger partial charge >= 0.3 is 26.6 Å². The lowest BCUT2D eigenvalue weighted by molar-refractivity contribution is 0.0450. The first kappa shape index (κ1) is 12.0. The van der Waals surface area contributed by atoms with Gasteiger partial charge in [-0.2, -0.15) is 16.8 Å². The molecule has 1 amide bonds. The molecule has 0 saturated carbocycles. The highest BCUT2D eigenvalue weighted by molar-refractivity contribution is 7.88. The van der Waals surface area contributed by atoms with Crippen molar-refractivity contribution < 1.29 is 31.0 Å². The molecule has 10 nitrogen and oxygen atoms in total. The Kier molecular flexibility index (Phi) is 3.18. The van der Waals surface area contributed by atoms with Crippen molar-refractivity contribution in [3.05, 3.63) is 0 Å². The molecule has 0 spiro atoms. The predicted octanol–water partition coefficient (Wildman–Crippen LogP) is -2.69. The maximum absolute atomic E-state index is 10.3. The van der Waals surface area contributed by atoms with Crippen molar-refractivity contribution in [1.29, 1.82) is 0 Å². The summed E-state index contributed by atoms with van der Waals surface area (Å²) >= 11 is 0. The second-order valence-corrected chi connectivity index (χ2v) is 4.12. The first-order chi connectivity index (χ1) is 5.54. The summed E-state index contributed by atoms with van der Waals surface area (Å²) in [5.41, 5.74) is 0. The van der Waals surface area contributed by atoms with Gasteiger partial charge < -0.3 is 5.11 Å². The lowest BCUT2D eigenvalue weighted by atomic mass is 11.3. The second kappa shape index (κ2) is 3.43. The van der Waals surface area contributed by atoms with Gasteiger partial charge in [0.1, 0.15) is 0 Å². The van der Waals surface area contributed by atoms with Gasteiger partial charge in [-0.1, -0.05) is 0 Å². The summed E-state index contributed by atoms with van der Waals surface area (Å²) in [4.78, 5) is 10.0. The number of nitrogens with zero attached hydrogens (tertiary/aromatic N) is 1. The molecule has 13 heavy (non-hydrogen) atoms. The van der Waals surface area contributed by atoms with Crippen molar-refractivity contribution in [3.8, 4) is 0 Å². The van der Waals surface area contributed by atoms with Crippen LogP contribution in [0.2, 0.25) is 0 Å². The number of hydroxylamine groups is 1. The highest BCUT2D eigenvalue weighted by Gasteiger charge is 2.29. The third-order valence-electron chi connectivity index (χ3n) is 0.559. The normalized spacial score (nSPS) is 12.5. The zero-order valence-corrected chi connectivity index (χ0v) is 7.45. The monoisotopic (exact) mass is 235 g/mol. The molecule has 0 aliphatic heterocycles. The Balaban J connectivity index is 5.00. The quantitative estimate of drug-likeness (QED) is 0.446. The predicted molar refractivity (Wildman–Crippen MR) is 37.2 cm³/mol. The first-order valence-corrected chi connectivity index (χ1v) is 5.30. The average molecular weight is 235 g/mol. The van der Waals surface area contributed by atoms with Crippen molar-refractivity contribution in [2.75, 3.05) is 0 Å². The van der Waals surface area contributed by atoms with E-state index in [0.717, 1.165) is 0 Å². The Morgan fingerprint density at radius 2 is 1.62 bits per heavy atom. The van der Waals surface area contributed by atoms with E-state index in [0.29, 0.717) is 0 Å². The molecule has 78 valence electrons. The largest absolute Gasteiger partial charge is 0.463 e. The van der Waals surface area contributed by atoms with Gasteiger partial charge in [-0.25, -0.2) is 15.1 Å². The van der Waals surface area contributed by atoms with Gasteiger partial charge in [-0.05, 0) is 4.47 Å². The Bertz CT molecular complexity index is 391. The molecule has 0 saturated heterocycles. The number of carbonyl (C=O) groups is 1. The molecule has 0 bridgehead atoms. The van der Waals surface area contributed by atoms with E-state index in [2.05, 4.69) is 14.6 Å². The molecule has 0 unspecified atom stereocenters. The highest BCUT2D eigenvalue weighted by atomic mass is 32.2. The van der Waals surface area contributed by atoms with Gasteiger partial charge in [0.25, 0.3) is 0 Å². The minimum atomic E-state index is -4.84. The average Bonchev–Trinajstić information content (AvgIpc) is 1.77. The third-order valence-corrected chi connectivity index (χ3v) is 1.70. The Morgan fingerprint density at radius 3 is 1.69 bits per heavy atom. The van der Waals surface area contributed by atoms with Crippen LogP contribution in [0.1, 0.15) is 0 Å². The molecule has 0 heterocycles. The molecule has 0 radical (unpaired) electrons. The van der Waals surface area contributed by atoms with Crippen molar-refractivity contribution in [3.63, 3.8) is 0 Å². The van der Waals surface area contributed by atoms with Gasteiger partial charge in [0.05, 0.1) is 0 Å². The summed E-state index contributed by atoms with van der Waals surface area (Å²) in [6.07, 6.45) is -2.24. The molecular weight excluding hydrogens is 230 g/mol. The van der Waals surface area contributed by atoms with Crippen LogP contribution in [0.5, 0.6) is 0 Å².